The first kappa shape index (κ1) is 21.4. The molecule has 0 bridgehead atoms. The molecule has 0 atom stereocenters. The molecule has 4 rings (SSSR count). The second-order valence-electron chi connectivity index (χ2n) is 7.03. The van der Waals surface area contributed by atoms with Crippen molar-refractivity contribution in [2.45, 2.75) is 17.5 Å². The molecule has 1 heterocycles. The summed E-state index contributed by atoms with van der Waals surface area (Å²) in [5, 5.41) is 13.9. The fourth-order valence-corrected chi connectivity index (χ4v) is 4.00. The SMILES string of the molecule is COc1ccc(-c2nc(SCc3ccccc3)nc(NCc3ccccc3)c2C#N)cc1. The number of methoxy groups -OCH3 is 1. The van der Waals surface area contributed by atoms with Gasteiger partial charge in [-0.05, 0) is 35.4 Å². The highest BCUT2D eigenvalue weighted by molar-refractivity contribution is 7.98. The number of ether oxygens (including phenoxy) is 1. The third-order valence-corrected chi connectivity index (χ3v) is 5.80. The first-order chi connectivity index (χ1) is 15.8. The zero-order valence-electron chi connectivity index (χ0n) is 17.7. The molecule has 4 aromatic rings. The second kappa shape index (κ2) is 10.5. The number of anilines is 1. The lowest BCUT2D eigenvalue weighted by atomic mass is 10.1. The molecular formula is C26H22N4OS. The monoisotopic (exact) mass is 438 g/mol. The molecule has 0 spiro atoms. The number of benzene rings is 3. The fourth-order valence-electron chi connectivity index (χ4n) is 3.20. The van der Waals surface area contributed by atoms with Gasteiger partial charge in [-0.3, -0.25) is 0 Å². The first-order valence-electron chi connectivity index (χ1n) is 10.2. The van der Waals surface area contributed by atoms with Crippen LogP contribution in [0.1, 0.15) is 16.7 Å². The molecule has 0 unspecified atom stereocenters. The molecule has 0 fully saturated rings. The number of aromatic nitrogens is 2. The second-order valence-corrected chi connectivity index (χ2v) is 7.97. The van der Waals surface area contributed by atoms with Crippen LogP contribution < -0.4 is 10.1 Å². The average Bonchev–Trinajstić information content (AvgIpc) is 2.87. The molecule has 1 N–H and O–H groups in total. The predicted octanol–water partition coefficient (Wildman–Crippen LogP) is 5.93. The molecule has 0 amide bonds. The van der Waals surface area contributed by atoms with E-state index in [1.165, 1.54) is 5.56 Å². The van der Waals surface area contributed by atoms with Crippen LogP contribution in [0.2, 0.25) is 0 Å². The molecule has 0 aliphatic carbocycles. The van der Waals surface area contributed by atoms with Gasteiger partial charge >= 0.3 is 0 Å². The minimum absolute atomic E-state index is 0.426. The zero-order chi connectivity index (χ0) is 22.2. The van der Waals surface area contributed by atoms with Crippen molar-refractivity contribution in [2.75, 3.05) is 12.4 Å². The van der Waals surface area contributed by atoms with Gasteiger partial charge in [-0.15, -0.1) is 0 Å². The van der Waals surface area contributed by atoms with Crippen LogP contribution in [-0.2, 0) is 12.3 Å². The molecule has 3 aromatic carbocycles. The summed E-state index contributed by atoms with van der Waals surface area (Å²) in [6.45, 7) is 0.567. The van der Waals surface area contributed by atoms with Crippen LogP contribution in [0, 0.1) is 11.3 Å². The quantitative estimate of drug-likeness (QED) is 0.272. The van der Waals surface area contributed by atoms with Gasteiger partial charge in [-0.25, -0.2) is 9.97 Å². The van der Waals surface area contributed by atoms with Crippen molar-refractivity contribution in [3.8, 4) is 23.1 Å². The van der Waals surface area contributed by atoms with E-state index >= 15 is 0 Å². The maximum Gasteiger partial charge on any atom is 0.190 e. The zero-order valence-corrected chi connectivity index (χ0v) is 18.5. The lowest BCUT2D eigenvalue weighted by molar-refractivity contribution is 0.415. The van der Waals surface area contributed by atoms with Gasteiger partial charge in [0.05, 0.1) is 12.8 Å². The third kappa shape index (κ3) is 5.26. The van der Waals surface area contributed by atoms with Crippen LogP contribution in [-0.4, -0.2) is 17.1 Å². The molecule has 6 heteroatoms. The van der Waals surface area contributed by atoms with Gasteiger partial charge in [-0.2, -0.15) is 5.26 Å². The van der Waals surface area contributed by atoms with Crippen molar-refractivity contribution in [3.05, 3.63) is 102 Å². The molecule has 1 aromatic heterocycles. The summed E-state index contributed by atoms with van der Waals surface area (Å²) in [6, 6.07) is 30.1. The van der Waals surface area contributed by atoms with Gasteiger partial charge in [0.15, 0.2) is 5.16 Å². The highest BCUT2D eigenvalue weighted by atomic mass is 32.2. The Kier molecular flexibility index (Phi) is 7.01. The number of hydrogen-bond acceptors (Lipinski definition) is 6. The summed E-state index contributed by atoms with van der Waals surface area (Å²) in [7, 11) is 1.63. The molecule has 0 saturated heterocycles. The van der Waals surface area contributed by atoms with Crippen molar-refractivity contribution >= 4 is 17.6 Å². The van der Waals surface area contributed by atoms with Crippen molar-refractivity contribution in [2.24, 2.45) is 0 Å². The topological polar surface area (TPSA) is 70.8 Å². The minimum atomic E-state index is 0.426. The van der Waals surface area contributed by atoms with Gasteiger partial charge < -0.3 is 10.1 Å². The number of nitriles is 1. The van der Waals surface area contributed by atoms with Gasteiger partial charge in [0.2, 0.25) is 0 Å². The summed E-state index contributed by atoms with van der Waals surface area (Å²) >= 11 is 1.55. The van der Waals surface area contributed by atoms with Crippen LogP contribution in [0.5, 0.6) is 5.75 Å². The van der Waals surface area contributed by atoms with Crippen molar-refractivity contribution in [1.82, 2.24) is 9.97 Å². The molecule has 5 nitrogen and oxygen atoms in total. The number of nitrogens with zero attached hydrogens (tertiary/aromatic N) is 3. The van der Waals surface area contributed by atoms with E-state index in [1.54, 1.807) is 18.9 Å². The van der Waals surface area contributed by atoms with Crippen molar-refractivity contribution in [1.29, 1.82) is 5.26 Å². The van der Waals surface area contributed by atoms with Crippen molar-refractivity contribution < 1.29 is 4.74 Å². The first-order valence-corrected chi connectivity index (χ1v) is 11.2. The van der Waals surface area contributed by atoms with Crippen LogP contribution >= 0.6 is 11.8 Å². The highest BCUT2D eigenvalue weighted by Crippen LogP contribution is 2.31. The summed E-state index contributed by atoms with van der Waals surface area (Å²) in [4.78, 5) is 9.44. The lowest BCUT2D eigenvalue weighted by Gasteiger charge is -2.13. The van der Waals surface area contributed by atoms with E-state index in [2.05, 4.69) is 28.5 Å². The summed E-state index contributed by atoms with van der Waals surface area (Å²) in [5.41, 5.74) is 4.18. The molecule has 0 radical (unpaired) electrons. The summed E-state index contributed by atoms with van der Waals surface area (Å²) < 4.78 is 5.27. The van der Waals surface area contributed by atoms with E-state index < -0.39 is 0 Å². The smallest absolute Gasteiger partial charge is 0.190 e. The van der Waals surface area contributed by atoms with Crippen molar-refractivity contribution in [3.63, 3.8) is 0 Å². The third-order valence-electron chi connectivity index (χ3n) is 4.88. The van der Waals surface area contributed by atoms with E-state index in [0.717, 1.165) is 22.6 Å². The number of nitrogens with one attached hydrogen (secondary N) is 1. The summed E-state index contributed by atoms with van der Waals surface area (Å²) in [6.07, 6.45) is 0. The van der Waals surface area contributed by atoms with E-state index in [4.69, 9.17) is 9.72 Å². The maximum atomic E-state index is 9.96. The minimum Gasteiger partial charge on any atom is -0.497 e. The standard InChI is InChI=1S/C26H22N4OS/c1-31-22-14-12-21(13-15-22)24-23(16-27)25(28-17-19-8-4-2-5-9-19)30-26(29-24)32-18-20-10-6-3-7-11-20/h2-15H,17-18H2,1H3,(H,28,29,30). The number of hydrogen-bond donors (Lipinski definition) is 1. The Morgan fingerprint density at radius 3 is 2.16 bits per heavy atom. The Balaban J connectivity index is 1.69. The van der Waals surface area contributed by atoms with Gasteiger partial charge in [0.1, 0.15) is 23.2 Å². The molecule has 0 saturated carbocycles. The van der Waals surface area contributed by atoms with E-state index in [9.17, 15) is 5.26 Å². The predicted molar refractivity (Wildman–Crippen MR) is 129 cm³/mol. The average molecular weight is 439 g/mol. The number of thioether (sulfide) groups is 1. The van der Waals surface area contributed by atoms with Gasteiger partial charge in [-0.1, -0.05) is 72.4 Å². The molecule has 158 valence electrons. The van der Waals surface area contributed by atoms with Crippen LogP contribution in [0.3, 0.4) is 0 Å². The highest BCUT2D eigenvalue weighted by Gasteiger charge is 2.17. The summed E-state index contributed by atoms with van der Waals surface area (Å²) in [5.74, 6) is 2.03. The normalized spacial score (nSPS) is 10.4. The van der Waals surface area contributed by atoms with E-state index in [1.807, 2.05) is 72.8 Å². The van der Waals surface area contributed by atoms with Gasteiger partial charge in [0.25, 0.3) is 0 Å². The van der Waals surface area contributed by atoms with Crippen LogP contribution in [0.15, 0.2) is 90.1 Å². The molecular weight excluding hydrogens is 416 g/mol. The Hall–Kier alpha value is -3.82. The fraction of sp³-hybridized carbons (Fsp3) is 0.115. The molecule has 0 aliphatic rings. The molecule has 0 aliphatic heterocycles. The largest absolute Gasteiger partial charge is 0.497 e. The number of rotatable bonds is 8. The Morgan fingerprint density at radius 1 is 0.875 bits per heavy atom. The Bertz CT molecular complexity index is 1210. The van der Waals surface area contributed by atoms with Crippen LogP contribution in [0.4, 0.5) is 5.82 Å². The van der Waals surface area contributed by atoms with E-state index in [-0.39, 0.29) is 0 Å². The van der Waals surface area contributed by atoms with Gasteiger partial charge in [0, 0.05) is 17.9 Å². The Morgan fingerprint density at radius 2 is 1.53 bits per heavy atom. The van der Waals surface area contributed by atoms with Crippen LogP contribution in [0.25, 0.3) is 11.3 Å². The molecule has 32 heavy (non-hydrogen) atoms. The maximum absolute atomic E-state index is 9.96. The lowest BCUT2D eigenvalue weighted by Crippen LogP contribution is -2.07. The Labute approximate surface area is 192 Å². The van der Waals surface area contributed by atoms with E-state index in [0.29, 0.717) is 28.8 Å².